The van der Waals surface area contributed by atoms with Crippen LogP contribution >= 0.6 is 0 Å². The highest BCUT2D eigenvalue weighted by atomic mass is 16.2. The normalized spacial score (nSPS) is 20.5. The molecule has 28 heavy (non-hydrogen) atoms. The third-order valence-electron chi connectivity index (χ3n) is 5.78. The minimum absolute atomic E-state index is 0.0142. The predicted octanol–water partition coefficient (Wildman–Crippen LogP) is 2.56. The quantitative estimate of drug-likeness (QED) is 0.693. The number of fused-ring (bicyclic) bond motifs is 4. The Hall–Kier alpha value is -3.28. The molecule has 5 rings (SSSR count). The maximum atomic E-state index is 12.9. The lowest BCUT2D eigenvalue weighted by Crippen LogP contribution is -2.49. The highest BCUT2D eigenvalue weighted by Crippen LogP contribution is 2.37. The number of hydrogen-bond acceptors (Lipinski definition) is 4. The standard InChI is InChI=1S/C22H20N4O2/c27-21-10-18(16-4-2-1-3-5-16)9-20-19-8-15(13-26(20)21)12-25(14-19)22(28)17-6-7-23-24-11-17/h1-7,9-11,15,19H,8,12-14H2/t15-,19+/m0/s1. The van der Waals surface area contributed by atoms with Gasteiger partial charge in [0.1, 0.15) is 0 Å². The lowest BCUT2D eigenvalue weighted by molar-refractivity contribution is 0.0594. The molecule has 1 fully saturated rings. The van der Waals surface area contributed by atoms with Gasteiger partial charge >= 0.3 is 0 Å². The number of piperidine rings is 1. The molecule has 140 valence electrons. The van der Waals surface area contributed by atoms with E-state index in [0.717, 1.165) is 23.2 Å². The number of carbonyl (C=O) groups is 1. The van der Waals surface area contributed by atoms with Gasteiger partial charge in [0.15, 0.2) is 0 Å². The van der Waals surface area contributed by atoms with Crippen LogP contribution in [-0.2, 0) is 6.54 Å². The monoisotopic (exact) mass is 372 g/mol. The van der Waals surface area contributed by atoms with E-state index >= 15 is 0 Å². The van der Waals surface area contributed by atoms with Gasteiger partial charge in [0, 0.05) is 37.3 Å². The van der Waals surface area contributed by atoms with E-state index in [1.807, 2.05) is 39.8 Å². The van der Waals surface area contributed by atoms with Crippen LogP contribution in [0.2, 0.25) is 0 Å². The fourth-order valence-corrected chi connectivity index (χ4v) is 4.52. The van der Waals surface area contributed by atoms with E-state index in [9.17, 15) is 9.59 Å². The largest absolute Gasteiger partial charge is 0.338 e. The van der Waals surface area contributed by atoms with E-state index in [1.54, 1.807) is 18.3 Å². The summed E-state index contributed by atoms with van der Waals surface area (Å²) in [6, 6.07) is 15.5. The number of hydrogen-bond donors (Lipinski definition) is 0. The number of benzene rings is 1. The summed E-state index contributed by atoms with van der Waals surface area (Å²) in [6.07, 6.45) is 4.06. The van der Waals surface area contributed by atoms with Gasteiger partial charge in [0.05, 0.1) is 18.0 Å². The van der Waals surface area contributed by atoms with E-state index in [2.05, 4.69) is 16.3 Å². The number of pyridine rings is 1. The first kappa shape index (κ1) is 16.9. The molecule has 2 atom stereocenters. The lowest BCUT2D eigenvalue weighted by Gasteiger charge is -2.43. The van der Waals surface area contributed by atoms with Crippen molar-refractivity contribution in [2.45, 2.75) is 18.9 Å². The summed E-state index contributed by atoms with van der Waals surface area (Å²) in [4.78, 5) is 27.6. The molecule has 0 unspecified atom stereocenters. The van der Waals surface area contributed by atoms with Crippen LogP contribution in [0.15, 0.2) is 65.7 Å². The van der Waals surface area contributed by atoms with E-state index in [-0.39, 0.29) is 17.4 Å². The first-order chi connectivity index (χ1) is 13.7. The zero-order chi connectivity index (χ0) is 19.1. The Balaban J connectivity index is 1.50. The third kappa shape index (κ3) is 2.91. The van der Waals surface area contributed by atoms with Gasteiger partial charge in [0.2, 0.25) is 0 Å². The molecule has 2 aliphatic heterocycles. The second kappa shape index (κ2) is 6.71. The van der Waals surface area contributed by atoms with Crippen molar-refractivity contribution < 1.29 is 4.79 Å². The summed E-state index contributed by atoms with van der Waals surface area (Å²) < 4.78 is 1.90. The van der Waals surface area contributed by atoms with Crippen molar-refractivity contribution >= 4 is 5.91 Å². The first-order valence-corrected chi connectivity index (χ1v) is 9.55. The smallest absolute Gasteiger partial charge is 0.255 e. The van der Waals surface area contributed by atoms with Crippen LogP contribution in [0, 0.1) is 5.92 Å². The summed E-state index contributed by atoms with van der Waals surface area (Å²) in [6.45, 7) is 1.96. The molecule has 6 heteroatoms. The minimum Gasteiger partial charge on any atom is -0.338 e. The highest BCUT2D eigenvalue weighted by Gasteiger charge is 2.36. The van der Waals surface area contributed by atoms with Gasteiger partial charge in [0.25, 0.3) is 11.5 Å². The van der Waals surface area contributed by atoms with Crippen molar-refractivity contribution in [1.82, 2.24) is 19.7 Å². The molecule has 3 aromatic rings. The van der Waals surface area contributed by atoms with Crippen molar-refractivity contribution in [3.05, 3.63) is 82.5 Å². The Morgan fingerprint density at radius 2 is 1.82 bits per heavy atom. The summed E-state index contributed by atoms with van der Waals surface area (Å²) in [7, 11) is 0. The molecule has 1 amide bonds. The number of likely N-dealkylation sites (tertiary alicyclic amines) is 1. The molecule has 0 spiro atoms. The molecular weight excluding hydrogens is 352 g/mol. The first-order valence-electron chi connectivity index (χ1n) is 9.55. The van der Waals surface area contributed by atoms with E-state index in [4.69, 9.17) is 0 Å². The summed E-state index contributed by atoms with van der Waals surface area (Å²) in [5.74, 6) is 0.451. The Labute approximate surface area is 162 Å². The van der Waals surface area contributed by atoms with Crippen molar-refractivity contribution in [1.29, 1.82) is 0 Å². The number of carbonyl (C=O) groups excluding carboxylic acids is 1. The molecule has 6 nitrogen and oxygen atoms in total. The number of aromatic nitrogens is 3. The second-order valence-electron chi connectivity index (χ2n) is 7.62. The fourth-order valence-electron chi connectivity index (χ4n) is 4.52. The maximum absolute atomic E-state index is 12.9. The van der Waals surface area contributed by atoms with Crippen molar-refractivity contribution in [3.63, 3.8) is 0 Å². The predicted molar refractivity (Wildman–Crippen MR) is 105 cm³/mol. The highest BCUT2D eigenvalue weighted by molar-refractivity contribution is 5.93. The van der Waals surface area contributed by atoms with Gasteiger partial charge in [-0.3, -0.25) is 9.59 Å². The van der Waals surface area contributed by atoms with Gasteiger partial charge in [-0.2, -0.15) is 10.2 Å². The minimum atomic E-state index is -0.0142. The molecule has 4 heterocycles. The molecule has 0 radical (unpaired) electrons. The summed E-state index contributed by atoms with van der Waals surface area (Å²) in [5, 5.41) is 7.57. The SMILES string of the molecule is O=C(c1ccnnc1)N1C[C@@H]2C[C@H](C1)c1cc(-c3ccccc3)cc(=O)n1C2. The Morgan fingerprint density at radius 3 is 2.61 bits per heavy atom. The number of amides is 1. The van der Waals surface area contributed by atoms with Crippen molar-refractivity contribution in [2.75, 3.05) is 13.1 Å². The van der Waals surface area contributed by atoms with Crippen LogP contribution < -0.4 is 5.56 Å². The lowest BCUT2D eigenvalue weighted by atomic mass is 9.82. The van der Waals surface area contributed by atoms with Crippen LogP contribution in [0.1, 0.15) is 28.4 Å². The Morgan fingerprint density at radius 1 is 0.964 bits per heavy atom. The van der Waals surface area contributed by atoms with Gasteiger partial charge < -0.3 is 9.47 Å². The fraction of sp³-hybridized carbons (Fsp3) is 0.273. The molecule has 2 bridgehead atoms. The summed E-state index contributed by atoms with van der Waals surface area (Å²) in [5.41, 5.74) is 3.62. The van der Waals surface area contributed by atoms with Crippen LogP contribution in [-0.4, -0.2) is 38.7 Å². The molecule has 0 N–H and O–H groups in total. The average molecular weight is 372 g/mol. The molecule has 2 aliphatic rings. The van der Waals surface area contributed by atoms with Gasteiger partial charge in [-0.15, -0.1) is 0 Å². The van der Waals surface area contributed by atoms with Gasteiger partial charge in [-0.25, -0.2) is 0 Å². The molecule has 0 saturated carbocycles. The molecular formula is C22H20N4O2. The Bertz CT molecular complexity index is 1080. The number of rotatable bonds is 2. The van der Waals surface area contributed by atoms with E-state index in [0.29, 0.717) is 31.1 Å². The molecule has 0 aliphatic carbocycles. The molecule has 1 saturated heterocycles. The molecule has 1 aromatic carbocycles. The third-order valence-corrected chi connectivity index (χ3v) is 5.78. The second-order valence-corrected chi connectivity index (χ2v) is 7.62. The Kier molecular flexibility index (Phi) is 4.04. The van der Waals surface area contributed by atoms with Gasteiger partial charge in [-0.05, 0) is 35.6 Å². The zero-order valence-electron chi connectivity index (χ0n) is 15.4. The van der Waals surface area contributed by atoms with Crippen LogP contribution in [0.3, 0.4) is 0 Å². The van der Waals surface area contributed by atoms with Crippen LogP contribution in [0.5, 0.6) is 0 Å². The average Bonchev–Trinajstić information content (AvgIpc) is 2.75. The van der Waals surface area contributed by atoms with Gasteiger partial charge in [-0.1, -0.05) is 30.3 Å². The molecule has 2 aromatic heterocycles. The maximum Gasteiger partial charge on any atom is 0.255 e. The van der Waals surface area contributed by atoms with E-state index < -0.39 is 0 Å². The zero-order valence-corrected chi connectivity index (χ0v) is 15.4. The van der Waals surface area contributed by atoms with Crippen molar-refractivity contribution in [3.8, 4) is 11.1 Å². The van der Waals surface area contributed by atoms with Crippen LogP contribution in [0.4, 0.5) is 0 Å². The van der Waals surface area contributed by atoms with Crippen molar-refractivity contribution in [2.24, 2.45) is 5.92 Å². The number of nitrogens with zero attached hydrogens (tertiary/aromatic N) is 4. The van der Waals surface area contributed by atoms with Crippen LogP contribution in [0.25, 0.3) is 11.1 Å². The summed E-state index contributed by atoms with van der Waals surface area (Å²) >= 11 is 0. The van der Waals surface area contributed by atoms with E-state index in [1.165, 1.54) is 6.20 Å². The topological polar surface area (TPSA) is 68.1 Å².